The molecule has 0 radical (unpaired) electrons. The van der Waals surface area contributed by atoms with Gasteiger partial charge in [0, 0.05) is 6.07 Å². The summed E-state index contributed by atoms with van der Waals surface area (Å²) in [6, 6.07) is 0.374. The van der Waals surface area contributed by atoms with Crippen LogP contribution < -0.4 is 11.1 Å². The lowest BCUT2D eigenvalue weighted by Crippen LogP contribution is -2.19. The predicted octanol–water partition coefficient (Wildman–Crippen LogP) is 0.667. The quantitative estimate of drug-likeness (QED) is 0.723. The van der Waals surface area contributed by atoms with Crippen LogP contribution in [0.15, 0.2) is 12.3 Å². The van der Waals surface area contributed by atoms with Crippen LogP contribution >= 0.6 is 0 Å². The zero-order valence-electron chi connectivity index (χ0n) is 7.86. The van der Waals surface area contributed by atoms with Gasteiger partial charge in [0.25, 0.3) is 0 Å². The molecular formula is C8H8FN5O. The van der Waals surface area contributed by atoms with Crippen molar-refractivity contribution < 1.29 is 9.18 Å². The molecule has 7 heteroatoms. The third-order valence-electron chi connectivity index (χ3n) is 1.76. The minimum absolute atomic E-state index is 0.113. The highest BCUT2D eigenvalue weighted by molar-refractivity contribution is 5.87. The number of primary amides is 1. The number of nitrogens with two attached hydrogens (primary N) is 1. The molecule has 2 heterocycles. The number of amides is 2. The number of halogens is 1. The van der Waals surface area contributed by atoms with Crippen LogP contribution in [0, 0.1) is 12.7 Å². The van der Waals surface area contributed by atoms with Crippen molar-refractivity contribution in [3.05, 3.63) is 23.9 Å². The van der Waals surface area contributed by atoms with Crippen molar-refractivity contribution in [3.8, 4) is 0 Å². The second-order valence-corrected chi connectivity index (χ2v) is 2.99. The summed E-state index contributed by atoms with van der Waals surface area (Å²) in [4.78, 5) is 14.4. The first kappa shape index (κ1) is 9.38. The van der Waals surface area contributed by atoms with E-state index in [0.717, 1.165) is 6.07 Å². The highest BCUT2D eigenvalue weighted by Crippen LogP contribution is 2.13. The number of aryl methyl sites for hydroxylation is 1. The number of anilines is 1. The minimum Gasteiger partial charge on any atom is -0.351 e. The van der Waals surface area contributed by atoms with Gasteiger partial charge in [-0.2, -0.15) is 5.10 Å². The summed E-state index contributed by atoms with van der Waals surface area (Å²) in [5, 5.41) is 6.17. The lowest BCUT2D eigenvalue weighted by atomic mass is 10.4. The zero-order chi connectivity index (χ0) is 11.0. The topological polar surface area (TPSA) is 85.3 Å². The molecule has 2 amide bonds. The van der Waals surface area contributed by atoms with Gasteiger partial charge in [-0.3, -0.25) is 0 Å². The van der Waals surface area contributed by atoms with E-state index in [1.54, 1.807) is 6.92 Å². The van der Waals surface area contributed by atoms with Gasteiger partial charge >= 0.3 is 6.03 Å². The lowest BCUT2D eigenvalue weighted by Gasteiger charge is -2.01. The number of carbonyl (C=O) groups is 1. The van der Waals surface area contributed by atoms with Crippen LogP contribution in [0.3, 0.4) is 0 Å². The molecule has 0 saturated carbocycles. The number of aromatic nitrogens is 3. The summed E-state index contributed by atoms with van der Waals surface area (Å²) in [7, 11) is 0. The van der Waals surface area contributed by atoms with Gasteiger partial charge in [-0.1, -0.05) is 0 Å². The Bertz CT molecular complexity index is 535. The summed E-state index contributed by atoms with van der Waals surface area (Å²) >= 11 is 0. The number of nitrogens with one attached hydrogen (secondary N) is 1. The zero-order valence-corrected chi connectivity index (χ0v) is 7.86. The molecule has 0 spiro atoms. The molecule has 6 nitrogen and oxygen atoms in total. The Morgan fingerprint density at radius 2 is 2.40 bits per heavy atom. The highest BCUT2D eigenvalue weighted by Gasteiger charge is 2.08. The molecule has 15 heavy (non-hydrogen) atoms. The Hall–Kier alpha value is -2.18. The van der Waals surface area contributed by atoms with Crippen molar-refractivity contribution in [1.82, 2.24) is 14.6 Å². The van der Waals surface area contributed by atoms with Gasteiger partial charge in [0.2, 0.25) is 0 Å². The van der Waals surface area contributed by atoms with Crippen molar-refractivity contribution >= 4 is 17.4 Å². The van der Waals surface area contributed by atoms with E-state index in [-0.39, 0.29) is 11.3 Å². The molecule has 2 aromatic rings. The Morgan fingerprint density at radius 3 is 3.07 bits per heavy atom. The maximum absolute atomic E-state index is 13.4. The van der Waals surface area contributed by atoms with Crippen molar-refractivity contribution in [2.24, 2.45) is 5.73 Å². The van der Waals surface area contributed by atoms with Crippen LogP contribution in [0.4, 0.5) is 14.9 Å². The third-order valence-corrected chi connectivity index (χ3v) is 1.76. The van der Waals surface area contributed by atoms with E-state index in [1.165, 1.54) is 10.7 Å². The molecule has 0 aliphatic carbocycles. The fourth-order valence-electron chi connectivity index (χ4n) is 1.26. The predicted molar refractivity (Wildman–Crippen MR) is 50.9 cm³/mol. The van der Waals surface area contributed by atoms with Crippen molar-refractivity contribution in [2.75, 3.05) is 5.32 Å². The van der Waals surface area contributed by atoms with Gasteiger partial charge < -0.3 is 11.1 Å². The monoisotopic (exact) mass is 209 g/mol. The molecule has 3 N–H and O–H groups in total. The second kappa shape index (κ2) is 3.19. The van der Waals surface area contributed by atoms with Crippen molar-refractivity contribution in [3.63, 3.8) is 0 Å². The van der Waals surface area contributed by atoms with E-state index >= 15 is 0 Å². The molecule has 0 aliphatic rings. The van der Waals surface area contributed by atoms with Gasteiger partial charge in [0.15, 0.2) is 11.5 Å². The van der Waals surface area contributed by atoms with E-state index in [4.69, 9.17) is 5.73 Å². The molecule has 0 aromatic carbocycles. The fourth-order valence-corrected chi connectivity index (χ4v) is 1.26. The molecular weight excluding hydrogens is 201 g/mol. The molecule has 0 unspecified atom stereocenters. The van der Waals surface area contributed by atoms with E-state index in [2.05, 4.69) is 15.4 Å². The summed E-state index contributed by atoms with van der Waals surface area (Å²) in [5.41, 5.74) is 5.25. The standard InChI is InChI=1S/C8H8FN5O/c1-4-11-7-6(9)2-5(12-8(10)15)3-14(7)13-4/h2-3H,1H3,(H3,10,12,15). The average molecular weight is 209 g/mol. The number of urea groups is 1. The van der Waals surface area contributed by atoms with Crippen LogP contribution in [-0.2, 0) is 0 Å². The normalized spacial score (nSPS) is 10.5. The van der Waals surface area contributed by atoms with Gasteiger partial charge in [0.05, 0.1) is 11.9 Å². The van der Waals surface area contributed by atoms with E-state index in [1.807, 2.05) is 0 Å². The largest absolute Gasteiger partial charge is 0.351 e. The highest BCUT2D eigenvalue weighted by atomic mass is 19.1. The molecule has 0 saturated heterocycles. The first-order valence-electron chi connectivity index (χ1n) is 4.15. The lowest BCUT2D eigenvalue weighted by molar-refractivity contribution is 0.259. The summed E-state index contributed by atoms with van der Waals surface area (Å²) in [5.74, 6) is -0.119. The maximum Gasteiger partial charge on any atom is 0.316 e. The molecule has 0 bridgehead atoms. The van der Waals surface area contributed by atoms with Gasteiger partial charge in [-0.25, -0.2) is 18.7 Å². The molecule has 2 rings (SSSR count). The Balaban J connectivity index is 2.56. The number of nitrogens with zero attached hydrogens (tertiary/aromatic N) is 3. The first-order valence-corrected chi connectivity index (χ1v) is 4.15. The SMILES string of the molecule is Cc1nc2c(F)cc(NC(N)=O)cn2n1. The van der Waals surface area contributed by atoms with Crippen LogP contribution in [0.2, 0.25) is 0 Å². The summed E-state index contributed by atoms with van der Waals surface area (Å²) in [6.07, 6.45) is 1.43. The number of rotatable bonds is 1. The number of hydrogen-bond acceptors (Lipinski definition) is 3. The van der Waals surface area contributed by atoms with Gasteiger partial charge in [0.1, 0.15) is 5.82 Å². The summed E-state index contributed by atoms with van der Waals surface area (Å²) < 4.78 is 14.6. The maximum atomic E-state index is 13.4. The van der Waals surface area contributed by atoms with E-state index < -0.39 is 11.8 Å². The average Bonchev–Trinajstić information content (AvgIpc) is 2.44. The van der Waals surface area contributed by atoms with Crippen molar-refractivity contribution in [1.29, 1.82) is 0 Å². The number of pyridine rings is 1. The molecule has 2 aromatic heterocycles. The summed E-state index contributed by atoms with van der Waals surface area (Å²) in [6.45, 7) is 1.65. The Kier molecular flexibility index (Phi) is 2.00. The van der Waals surface area contributed by atoms with Gasteiger partial charge in [-0.05, 0) is 6.92 Å². The number of hydrogen-bond donors (Lipinski definition) is 2. The number of fused-ring (bicyclic) bond motifs is 1. The fraction of sp³-hybridized carbons (Fsp3) is 0.125. The molecule has 78 valence electrons. The molecule has 0 aliphatic heterocycles. The van der Waals surface area contributed by atoms with Crippen LogP contribution in [0.25, 0.3) is 5.65 Å². The van der Waals surface area contributed by atoms with Gasteiger partial charge in [-0.15, -0.1) is 0 Å². The first-order chi connectivity index (χ1) is 7.06. The second-order valence-electron chi connectivity index (χ2n) is 2.99. The minimum atomic E-state index is -0.759. The van der Waals surface area contributed by atoms with Crippen LogP contribution in [0.5, 0.6) is 0 Å². The smallest absolute Gasteiger partial charge is 0.316 e. The Morgan fingerprint density at radius 1 is 1.67 bits per heavy atom. The van der Waals surface area contributed by atoms with E-state index in [0.29, 0.717) is 5.82 Å². The van der Waals surface area contributed by atoms with Crippen LogP contribution in [0.1, 0.15) is 5.82 Å². The number of carbonyl (C=O) groups excluding carboxylic acids is 1. The Labute approximate surface area is 83.9 Å². The van der Waals surface area contributed by atoms with Crippen molar-refractivity contribution in [2.45, 2.75) is 6.92 Å². The molecule has 0 fully saturated rings. The third kappa shape index (κ3) is 1.71. The van der Waals surface area contributed by atoms with E-state index in [9.17, 15) is 9.18 Å². The molecule has 0 atom stereocenters. The van der Waals surface area contributed by atoms with Crippen LogP contribution in [-0.4, -0.2) is 20.6 Å².